The van der Waals surface area contributed by atoms with Crippen molar-refractivity contribution < 1.29 is 0 Å². The topological polar surface area (TPSA) is 0 Å². The predicted octanol–water partition coefficient (Wildman–Crippen LogP) is 3.24. The van der Waals surface area contributed by atoms with Crippen LogP contribution in [0.25, 0.3) is 0 Å². The van der Waals surface area contributed by atoms with Gasteiger partial charge in [0.15, 0.2) is 0 Å². The number of hydrogen-bond donors (Lipinski definition) is 0. The molecule has 9 heavy (non-hydrogen) atoms. The highest BCUT2D eigenvalue weighted by Gasteiger charge is 2.03. The lowest BCUT2D eigenvalue weighted by atomic mass is 9.93. The summed E-state index contributed by atoms with van der Waals surface area (Å²) in [5.74, 6) is 1.67. The number of hydrogen-bond acceptors (Lipinski definition) is 0. The molecule has 0 N–H and O–H groups in total. The molecule has 0 aromatic rings. The van der Waals surface area contributed by atoms with Crippen LogP contribution in [0, 0.1) is 11.8 Å². The van der Waals surface area contributed by atoms with Crippen LogP contribution in [0.4, 0.5) is 0 Å². The molecule has 0 nitrogen and oxygen atoms in total. The predicted molar refractivity (Wildman–Crippen MR) is 43.4 cm³/mol. The first-order chi connectivity index (χ1) is 4.18. The lowest BCUT2D eigenvalue weighted by Gasteiger charge is -2.13. The molecule has 0 aliphatic rings. The normalized spacial score (nSPS) is 13.8. The van der Waals surface area contributed by atoms with E-state index >= 15 is 0 Å². The van der Waals surface area contributed by atoms with Crippen molar-refractivity contribution in [2.45, 2.75) is 33.6 Å². The third-order valence-corrected chi connectivity index (χ3v) is 1.96. The second kappa shape index (κ2) is 4.60. The van der Waals surface area contributed by atoms with Gasteiger partial charge in [0.25, 0.3) is 0 Å². The highest BCUT2D eigenvalue weighted by Crippen LogP contribution is 2.15. The van der Waals surface area contributed by atoms with Crippen molar-refractivity contribution in [1.82, 2.24) is 0 Å². The minimum absolute atomic E-state index is 0.824. The summed E-state index contributed by atoms with van der Waals surface area (Å²) in [4.78, 5) is 0. The molecule has 0 heteroatoms. The molecule has 0 aromatic carbocycles. The van der Waals surface area contributed by atoms with Gasteiger partial charge in [-0.2, -0.15) is 0 Å². The molecule has 0 rings (SSSR count). The van der Waals surface area contributed by atoms with E-state index in [9.17, 15) is 0 Å². The van der Waals surface area contributed by atoms with Gasteiger partial charge in [-0.05, 0) is 24.7 Å². The molecular formula is C9H18. The second-order valence-corrected chi connectivity index (χ2v) is 3.09. The first kappa shape index (κ1) is 8.74. The zero-order valence-corrected chi connectivity index (χ0v) is 6.85. The van der Waals surface area contributed by atoms with E-state index in [0.29, 0.717) is 0 Å². The monoisotopic (exact) mass is 126 g/mol. The fraction of sp³-hybridized carbons (Fsp3) is 0.778. The van der Waals surface area contributed by atoms with Crippen molar-refractivity contribution in [3.63, 3.8) is 0 Å². The van der Waals surface area contributed by atoms with Crippen LogP contribution in [-0.2, 0) is 0 Å². The van der Waals surface area contributed by atoms with Gasteiger partial charge < -0.3 is 0 Å². The Morgan fingerprint density at radius 2 is 1.89 bits per heavy atom. The Hall–Kier alpha value is -0.260. The Balaban J connectivity index is 3.26. The largest absolute Gasteiger partial charge is 0.103 e. The summed E-state index contributed by atoms with van der Waals surface area (Å²) in [5, 5.41) is 0. The van der Waals surface area contributed by atoms with E-state index in [1.807, 2.05) is 6.08 Å². The van der Waals surface area contributed by atoms with Crippen molar-refractivity contribution in [2.24, 2.45) is 11.8 Å². The summed E-state index contributed by atoms with van der Waals surface area (Å²) < 4.78 is 0. The third-order valence-electron chi connectivity index (χ3n) is 1.96. The van der Waals surface area contributed by atoms with Gasteiger partial charge in [-0.3, -0.25) is 0 Å². The van der Waals surface area contributed by atoms with Crippen LogP contribution in [0.2, 0.25) is 0 Å². The van der Waals surface area contributed by atoms with Gasteiger partial charge in [-0.1, -0.05) is 26.8 Å². The zero-order chi connectivity index (χ0) is 7.28. The number of allylic oxidation sites excluding steroid dienone is 1. The Morgan fingerprint density at radius 3 is 2.22 bits per heavy atom. The van der Waals surface area contributed by atoms with Crippen LogP contribution < -0.4 is 0 Å². The van der Waals surface area contributed by atoms with Crippen LogP contribution in [0.1, 0.15) is 33.6 Å². The summed E-state index contributed by atoms with van der Waals surface area (Å²) in [7, 11) is 0. The second-order valence-electron chi connectivity index (χ2n) is 3.09. The molecular weight excluding hydrogens is 108 g/mol. The standard InChI is InChI=1S/C9H18/c1-5-6-7-9(4)8(2)3/h5,8-9H,1,6-7H2,2-4H3/t9-/m1/s1. The van der Waals surface area contributed by atoms with Gasteiger partial charge in [-0.15, -0.1) is 6.58 Å². The fourth-order valence-corrected chi connectivity index (χ4v) is 0.714. The maximum absolute atomic E-state index is 3.69. The van der Waals surface area contributed by atoms with E-state index in [1.165, 1.54) is 12.8 Å². The van der Waals surface area contributed by atoms with E-state index in [4.69, 9.17) is 0 Å². The van der Waals surface area contributed by atoms with Crippen molar-refractivity contribution >= 4 is 0 Å². The van der Waals surface area contributed by atoms with Gasteiger partial charge in [0, 0.05) is 0 Å². The van der Waals surface area contributed by atoms with Crippen molar-refractivity contribution in [2.75, 3.05) is 0 Å². The van der Waals surface area contributed by atoms with Crippen molar-refractivity contribution in [1.29, 1.82) is 0 Å². The Morgan fingerprint density at radius 1 is 1.33 bits per heavy atom. The molecule has 1 atom stereocenters. The maximum Gasteiger partial charge on any atom is -0.0351 e. The van der Waals surface area contributed by atoms with Crippen molar-refractivity contribution in [3.8, 4) is 0 Å². The molecule has 0 aromatic heterocycles. The molecule has 0 aliphatic carbocycles. The SMILES string of the molecule is C=CCC[C@@H](C)C(C)C. The smallest absolute Gasteiger partial charge is 0.0351 e. The molecule has 0 saturated carbocycles. The summed E-state index contributed by atoms with van der Waals surface area (Å²) in [6.45, 7) is 10.5. The average Bonchev–Trinajstić information content (AvgIpc) is 1.82. The first-order valence-electron chi connectivity index (χ1n) is 3.79. The molecule has 0 amide bonds. The van der Waals surface area contributed by atoms with Crippen LogP contribution in [0.3, 0.4) is 0 Å². The fourth-order valence-electron chi connectivity index (χ4n) is 0.714. The van der Waals surface area contributed by atoms with Gasteiger partial charge in [0.1, 0.15) is 0 Å². The Kier molecular flexibility index (Phi) is 4.47. The molecule has 0 bridgehead atoms. The summed E-state index contributed by atoms with van der Waals surface area (Å²) in [6, 6.07) is 0. The van der Waals surface area contributed by atoms with Crippen LogP contribution >= 0.6 is 0 Å². The molecule has 0 aliphatic heterocycles. The van der Waals surface area contributed by atoms with Crippen molar-refractivity contribution in [3.05, 3.63) is 12.7 Å². The van der Waals surface area contributed by atoms with Crippen LogP contribution in [-0.4, -0.2) is 0 Å². The molecule has 0 heterocycles. The Bertz CT molecular complexity index is 72.1. The molecule has 0 radical (unpaired) electrons. The highest BCUT2D eigenvalue weighted by molar-refractivity contribution is 4.69. The third kappa shape index (κ3) is 4.26. The van der Waals surface area contributed by atoms with Gasteiger partial charge in [0.2, 0.25) is 0 Å². The molecule has 0 spiro atoms. The zero-order valence-electron chi connectivity index (χ0n) is 6.85. The molecule has 0 saturated heterocycles. The first-order valence-corrected chi connectivity index (χ1v) is 3.79. The van der Waals surface area contributed by atoms with Crippen LogP contribution in [0.5, 0.6) is 0 Å². The van der Waals surface area contributed by atoms with Crippen LogP contribution in [0.15, 0.2) is 12.7 Å². The maximum atomic E-state index is 3.69. The minimum Gasteiger partial charge on any atom is -0.103 e. The average molecular weight is 126 g/mol. The van der Waals surface area contributed by atoms with Gasteiger partial charge in [0.05, 0.1) is 0 Å². The summed E-state index contributed by atoms with van der Waals surface area (Å²) in [6.07, 6.45) is 4.46. The number of rotatable bonds is 4. The summed E-state index contributed by atoms with van der Waals surface area (Å²) in [5.41, 5.74) is 0. The molecule has 54 valence electrons. The lowest BCUT2D eigenvalue weighted by molar-refractivity contribution is 0.395. The van der Waals surface area contributed by atoms with E-state index in [2.05, 4.69) is 27.4 Å². The summed E-state index contributed by atoms with van der Waals surface area (Å²) >= 11 is 0. The van der Waals surface area contributed by atoms with E-state index < -0.39 is 0 Å². The molecule has 0 fully saturated rings. The minimum atomic E-state index is 0.824. The van der Waals surface area contributed by atoms with E-state index in [-0.39, 0.29) is 0 Å². The quantitative estimate of drug-likeness (QED) is 0.507. The lowest BCUT2D eigenvalue weighted by Crippen LogP contribution is -2.02. The van der Waals surface area contributed by atoms with Gasteiger partial charge in [-0.25, -0.2) is 0 Å². The Labute approximate surface area is 59.0 Å². The van der Waals surface area contributed by atoms with E-state index in [0.717, 1.165) is 11.8 Å². The van der Waals surface area contributed by atoms with E-state index in [1.54, 1.807) is 0 Å². The highest BCUT2D eigenvalue weighted by atomic mass is 14.1. The molecule has 0 unspecified atom stereocenters. The van der Waals surface area contributed by atoms with Gasteiger partial charge >= 0.3 is 0 Å².